The van der Waals surface area contributed by atoms with Crippen molar-refractivity contribution in [3.05, 3.63) is 0 Å². The van der Waals surface area contributed by atoms with E-state index < -0.39 is 0 Å². The van der Waals surface area contributed by atoms with Gasteiger partial charge in [0.05, 0.1) is 0 Å². The summed E-state index contributed by atoms with van der Waals surface area (Å²) in [5, 5.41) is 0. The van der Waals surface area contributed by atoms with Gasteiger partial charge in [-0.2, -0.15) is 0 Å². The first-order valence-corrected chi connectivity index (χ1v) is 8.10. The lowest BCUT2D eigenvalue weighted by Crippen LogP contribution is -2.50. The van der Waals surface area contributed by atoms with Gasteiger partial charge in [0, 0.05) is 11.8 Å². The van der Waals surface area contributed by atoms with E-state index in [2.05, 4.69) is 34.6 Å². The van der Waals surface area contributed by atoms with Gasteiger partial charge in [-0.3, -0.25) is 20.4 Å². The molecule has 0 atom stereocenters. The minimum atomic E-state index is -0.0394. The number of carbonyl (C=O) groups is 2. The smallest absolute Gasteiger partial charge is 0.241 e. The van der Waals surface area contributed by atoms with E-state index in [0.29, 0.717) is 0 Å². The molecule has 0 unspecified atom stereocenters. The number of hydrogen-bond donors (Lipinski definition) is 2. The maximum Gasteiger partial charge on any atom is 0.241 e. The first kappa shape index (κ1) is 16.2. The zero-order chi connectivity index (χ0) is 15.2. The third kappa shape index (κ3) is 4.68. The third-order valence-corrected chi connectivity index (χ3v) is 4.80. The molecular weight excluding hydrogens is 268 g/mol. The van der Waals surface area contributed by atoms with Crippen LogP contribution >= 0.6 is 0 Å². The molecule has 21 heavy (non-hydrogen) atoms. The van der Waals surface area contributed by atoms with Gasteiger partial charge in [0.25, 0.3) is 0 Å². The number of nitrogens with one attached hydrogen (secondary N) is 2. The van der Waals surface area contributed by atoms with Gasteiger partial charge < -0.3 is 9.80 Å². The van der Waals surface area contributed by atoms with E-state index in [1.807, 2.05) is 0 Å². The number of hydrogen-bond acceptors (Lipinski definition) is 4. The highest BCUT2D eigenvalue weighted by Gasteiger charge is 2.26. The highest BCUT2D eigenvalue weighted by Crippen LogP contribution is 2.17. The summed E-state index contributed by atoms with van der Waals surface area (Å²) < 4.78 is 0. The second kappa shape index (κ2) is 7.75. The van der Waals surface area contributed by atoms with Gasteiger partial charge >= 0.3 is 0 Å². The van der Waals surface area contributed by atoms with Crippen molar-refractivity contribution < 1.29 is 9.59 Å². The van der Waals surface area contributed by atoms with Crippen LogP contribution in [-0.2, 0) is 9.59 Å². The number of hydrazine groups is 1. The Bertz CT molecular complexity index is 359. The Hall–Kier alpha value is -1.14. The van der Waals surface area contributed by atoms with Crippen molar-refractivity contribution in [3.63, 3.8) is 0 Å². The third-order valence-electron chi connectivity index (χ3n) is 4.80. The number of piperidine rings is 2. The fraction of sp³-hybridized carbons (Fsp3) is 0.867. The molecule has 2 aliphatic heterocycles. The molecule has 0 aliphatic carbocycles. The van der Waals surface area contributed by atoms with Crippen LogP contribution in [0.2, 0.25) is 0 Å². The van der Waals surface area contributed by atoms with Crippen LogP contribution in [0.1, 0.15) is 32.6 Å². The molecule has 2 fully saturated rings. The Morgan fingerprint density at radius 2 is 1.33 bits per heavy atom. The van der Waals surface area contributed by atoms with E-state index in [0.717, 1.165) is 58.4 Å². The second-order valence-corrected chi connectivity index (χ2v) is 6.26. The molecule has 0 spiro atoms. The quantitative estimate of drug-likeness (QED) is 0.731. The largest absolute Gasteiger partial charge is 0.306 e. The Balaban J connectivity index is 1.68. The molecule has 6 nitrogen and oxygen atoms in total. The molecule has 0 saturated carbocycles. The van der Waals surface area contributed by atoms with Gasteiger partial charge in [0.2, 0.25) is 11.8 Å². The van der Waals surface area contributed by atoms with Crippen LogP contribution in [0.25, 0.3) is 0 Å². The number of nitrogens with zero attached hydrogens (tertiary/aromatic N) is 2. The van der Waals surface area contributed by atoms with Crippen molar-refractivity contribution >= 4 is 11.8 Å². The van der Waals surface area contributed by atoms with Crippen molar-refractivity contribution in [1.82, 2.24) is 20.7 Å². The predicted molar refractivity (Wildman–Crippen MR) is 81.3 cm³/mol. The second-order valence-electron chi connectivity index (χ2n) is 6.26. The Morgan fingerprint density at radius 1 is 0.905 bits per heavy atom. The first-order valence-electron chi connectivity index (χ1n) is 8.10. The molecule has 2 rings (SSSR count). The van der Waals surface area contributed by atoms with Gasteiger partial charge in [0.1, 0.15) is 0 Å². The highest BCUT2D eigenvalue weighted by molar-refractivity contribution is 5.84. The molecule has 2 amide bonds. The molecule has 0 aromatic rings. The van der Waals surface area contributed by atoms with Crippen LogP contribution in [-0.4, -0.2) is 61.4 Å². The van der Waals surface area contributed by atoms with Crippen LogP contribution in [0.15, 0.2) is 0 Å². The molecule has 0 aromatic heterocycles. The SMILES string of the molecule is CCN1CCC(C(=O)NNC(=O)C2CCN(C)CC2)CC1. The predicted octanol–water partition coefficient (Wildman–Crippen LogP) is 0.208. The van der Waals surface area contributed by atoms with Gasteiger partial charge in [0.15, 0.2) is 0 Å². The van der Waals surface area contributed by atoms with E-state index in [-0.39, 0.29) is 23.7 Å². The zero-order valence-corrected chi connectivity index (χ0v) is 13.2. The Morgan fingerprint density at radius 3 is 1.76 bits per heavy atom. The minimum Gasteiger partial charge on any atom is -0.306 e. The zero-order valence-electron chi connectivity index (χ0n) is 13.2. The Kier molecular flexibility index (Phi) is 5.99. The summed E-state index contributed by atoms with van der Waals surface area (Å²) in [6, 6.07) is 0. The topological polar surface area (TPSA) is 64.7 Å². The van der Waals surface area contributed by atoms with Crippen molar-refractivity contribution in [2.24, 2.45) is 11.8 Å². The van der Waals surface area contributed by atoms with Crippen LogP contribution in [0.5, 0.6) is 0 Å². The van der Waals surface area contributed by atoms with E-state index in [1.54, 1.807) is 0 Å². The van der Waals surface area contributed by atoms with Gasteiger partial charge in [-0.25, -0.2) is 0 Å². The lowest BCUT2D eigenvalue weighted by Gasteiger charge is -2.31. The molecule has 0 aromatic carbocycles. The standard InChI is InChI=1S/C15H28N4O2/c1-3-19-10-6-13(7-11-19)15(21)17-16-14(20)12-4-8-18(2)9-5-12/h12-13H,3-11H2,1-2H3,(H,16,20)(H,17,21). The summed E-state index contributed by atoms with van der Waals surface area (Å²) in [7, 11) is 2.07. The number of amides is 2. The van der Waals surface area contributed by atoms with Crippen molar-refractivity contribution in [2.45, 2.75) is 32.6 Å². The summed E-state index contributed by atoms with van der Waals surface area (Å²) in [6.45, 7) is 7.02. The summed E-state index contributed by atoms with van der Waals surface area (Å²) in [5.41, 5.74) is 5.24. The van der Waals surface area contributed by atoms with Crippen LogP contribution in [0, 0.1) is 11.8 Å². The monoisotopic (exact) mass is 296 g/mol. The molecule has 120 valence electrons. The van der Waals surface area contributed by atoms with Gasteiger partial charge in [-0.15, -0.1) is 0 Å². The van der Waals surface area contributed by atoms with Crippen LogP contribution < -0.4 is 10.9 Å². The maximum atomic E-state index is 12.1. The highest BCUT2D eigenvalue weighted by atomic mass is 16.2. The molecule has 2 aliphatic rings. The number of likely N-dealkylation sites (tertiary alicyclic amines) is 2. The van der Waals surface area contributed by atoms with Crippen LogP contribution in [0.4, 0.5) is 0 Å². The minimum absolute atomic E-state index is 0.0310. The maximum absolute atomic E-state index is 12.1. The number of rotatable bonds is 3. The lowest BCUT2D eigenvalue weighted by molar-refractivity contribution is -0.134. The fourth-order valence-electron chi connectivity index (χ4n) is 3.11. The Labute approximate surface area is 127 Å². The fourth-order valence-corrected chi connectivity index (χ4v) is 3.11. The number of carbonyl (C=O) groups excluding carboxylic acids is 2. The van der Waals surface area contributed by atoms with E-state index >= 15 is 0 Å². The van der Waals surface area contributed by atoms with E-state index in [9.17, 15) is 9.59 Å². The van der Waals surface area contributed by atoms with Crippen molar-refractivity contribution in [2.75, 3.05) is 39.8 Å². The van der Waals surface area contributed by atoms with E-state index in [1.165, 1.54) is 0 Å². The van der Waals surface area contributed by atoms with Crippen LogP contribution in [0.3, 0.4) is 0 Å². The van der Waals surface area contributed by atoms with Crippen molar-refractivity contribution in [3.8, 4) is 0 Å². The normalized spacial score (nSPS) is 23.0. The summed E-state index contributed by atoms with van der Waals surface area (Å²) in [6.07, 6.45) is 3.49. The lowest BCUT2D eigenvalue weighted by atomic mass is 9.96. The summed E-state index contributed by atoms with van der Waals surface area (Å²) in [4.78, 5) is 28.7. The van der Waals surface area contributed by atoms with Gasteiger partial charge in [-0.1, -0.05) is 6.92 Å². The molecule has 2 N–H and O–H groups in total. The molecular formula is C15H28N4O2. The molecule has 0 bridgehead atoms. The molecule has 2 heterocycles. The summed E-state index contributed by atoms with van der Waals surface area (Å²) in [5.74, 6) is -0.0106. The molecule has 6 heteroatoms. The van der Waals surface area contributed by atoms with Crippen molar-refractivity contribution in [1.29, 1.82) is 0 Å². The van der Waals surface area contributed by atoms with E-state index in [4.69, 9.17) is 0 Å². The molecule has 2 saturated heterocycles. The first-order chi connectivity index (χ1) is 10.1. The summed E-state index contributed by atoms with van der Waals surface area (Å²) >= 11 is 0. The average molecular weight is 296 g/mol. The average Bonchev–Trinajstić information content (AvgIpc) is 2.53. The van der Waals surface area contributed by atoms with Gasteiger partial charge in [-0.05, 0) is 65.5 Å². The molecule has 0 radical (unpaired) electrons.